The average Bonchev–Trinajstić information content (AvgIpc) is 2.60. The maximum absolute atomic E-state index is 13.8. The Balaban J connectivity index is 2.07. The molecule has 0 radical (unpaired) electrons. The van der Waals surface area contributed by atoms with Crippen LogP contribution in [0.3, 0.4) is 0 Å². The molecule has 0 spiro atoms. The van der Waals surface area contributed by atoms with Crippen molar-refractivity contribution >= 4 is 11.9 Å². The van der Waals surface area contributed by atoms with Gasteiger partial charge in [0.1, 0.15) is 0 Å². The first-order valence-electron chi connectivity index (χ1n) is 7.99. The second kappa shape index (κ2) is 8.82. The first-order valence-corrected chi connectivity index (χ1v) is 7.99. The van der Waals surface area contributed by atoms with Crippen LogP contribution >= 0.6 is 0 Å². The zero-order valence-electron chi connectivity index (χ0n) is 13.9. The fourth-order valence-electron chi connectivity index (χ4n) is 2.44. The molecule has 1 unspecified atom stereocenters. The van der Waals surface area contributed by atoms with Gasteiger partial charge in [0.05, 0.1) is 18.1 Å². The van der Waals surface area contributed by atoms with Crippen molar-refractivity contribution < 1.29 is 23.8 Å². The van der Waals surface area contributed by atoms with Gasteiger partial charge in [-0.3, -0.25) is 9.59 Å². The van der Waals surface area contributed by atoms with Crippen LogP contribution in [0.2, 0.25) is 0 Å². The van der Waals surface area contributed by atoms with Gasteiger partial charge in [0, 0.05) is 6.54 Å². The Hall–Kier alpha value is -2.89. The molecule has 0 aromatic heterocycles. The number of halogens is 1. The van der Waals surface area contributed by atoms with Gasteiger partial charge in [-0.05, 0) is 31.0 Å². The van der Waals surface area contributed by atoms with Crippen molar-refractivity contribution in [3.05, 3.63) is 65.5 Å². The van der Waals surface area contributed by atoms with Crippen LogP contribution in [-0.2, 0) is 11.2 Å². The number of nitrogens with one attached hydrogen (secondary N) is 1. The predicted octanol–water partition coefficient (Wildman–Crippen LogP) is 2.90. The van der Waals surface area contributed by atoms with Gasteiger partial charge in [-0.15, -0.1) is 0 Å². The zero-order valence-corrected chi connectivity index (χ0v) is 13.9. The van der Waals surface area contributed by atoms with Gasteiger partial charge in [-0.25, -0.2) is 4.39 Å². The summed E-state index contributed by atoms with van der Waals surface area (Å²) < 4.78 is 19.0. The largest absolute Gasteiger partial charge is 0.490 e. The number of carbonyl (C=O) groups is 2. The van der Waals surface area contributed by atoms with Crippen LogP contribution in [0, 0.1) is 11.7 Å². The van der Waals surface area contributed by atoms with Crippen LogP contribution in [0.25, 0.3) is 0 Å². The summed E-state index contributed by atoms with van der Waals surface area (Å²) in [5.74, 6) is -3.11. The van der Waals surface area contributed by atoms with E-state index >= 15 is 0 Å². The summed E-state index contributed by atoms with van der Waals surface area (Å²) in [7, 11) is 0. The first kappa shape index (κ1) is 18.4. The summed E-state index contributed by atoms with van der Waals surface area (Å²) in [6.45, 7) is 1.84. The van der Waals surface area contributed by atoms with Crippen LogP contribution in [0.4, 0.5) is 4.39 Å². The van der Waals surface area contributed by atoms with Crippen LogP contribution in [0.1, 0.15) is 22.8 Å². The number of rotatable bonds is 8. The Morgan fingerprint density at radius 1 is 1.16 bits per heavy atom. The van der Waals surface area contributed by atoms with Crippen molar-refractivity contribution in [1.29, 1.82) is 0 Å². The van der Waals surface area contributed by atoms with E-state index in [1.807, 2.05) is 30.3 Å². The number of amides is 1. The van der Waals surface area contributed by atoms with Crippen molar-refractivity contribution in [2.75, 3.05) is 13.2 Å². The molecule has 2 aromatic rings. The van der Waals surface area contributed by atoms with E-state index in [-0.39, 0.29) is 30.9 Å². The van der Waals surface area contributed by atoms with Crippen molar-refractivity contribution in [2.24, 2.45) is 5.92 Å². The van der Waals surface area contributed by atoms with Crippen molar-refractivity contribution in [3.63, 3.8) is 0 Å². The predicted molar refractivity (Wildman–Crippen MR) is 91.2 cm³/mol. The number of carboxylic acids is 1. The number of benzene rings is 2. The number of hydrogen-bond acceptors (Lipinski definition) is 3. The van der Waals surface area contributed by atoms with Gasteiger partial charge in [0.15, 0.2) is 11.6 Å². The highest BCUT2D eigenvalue weighted by atomic mass is 19.1. The van der Waals surface area contributed by atoms with Gasteiger partial charge in [-0.1, -0.05) is 36.4 Å². The lowest BCUT2D eigenvalue weighted by Gasteiger charge is -2.15. The summed E-state index contributed by atoms with van der Waals surface area (Å²) in [6.07, 6.45) is 0.290. The molecule has 6 heteroatoms. The Morgan fingerprint density at radius 2 is 1.88 bits per heavy atom. The molecule has 0 bridgehead atoms. The molecule has 2 aromatic carbocycles. The molecule has 0 saturated heterocycles. The van der Waals surface area contributed by atoms with Gasteiger partial charge >= 0.3 is 5.97 Å². The number of aliphatic carboxylic acids is 1. The van der Waals surface area contributed by atoms with E-state index in [0.717, 1.165) is 5.56 Å². The Kier molecular flexibility index (Phi) is 6.51. The molecule has 1 atom stereocenters. The minimum absolute atomic E-state index is 0.0469. The smallest absolute Gasteiger partial charge is 0.308 e. The number of hydrogen-bond donors (Lipinski definition) is 2. The molecule has 132 valence electrons. The number of carbonyl (C=O) groups excluding carboxylic acids is 1. The van der Waals surface area contributed by atoms with Crippen LogP contribution in [0.15, 0.2) is 48.5 Å². The molecule has 25 heavy (non-hydrogen) atoms. The molecule has 0 saturated carbocycles. The second-order valence-electron chi connectivity index (χ2n) is 5.48. The molecule has 0 fully saturated rings. The third-order valence-electron chi connectivity index (χ3n) is 3.68. The lowest BCUT2D eigenvalue weighted by atomic mass is 9.99. The van der Waals surface area contributed by atoms with Crippen LogP contribution in [-0.4, -0.2) is 30.1 Å². The van der Waals surface area contributed by atoms with E-state index in [0.29, 0.717) is 0 Å². The minimum atomic E-state index is -1.01. The van der Waals surface area contributed by atoms with Crippen molar-refractivity contribution in [3.8, 4) is 5.75 Å². The monoisotopic (exact) mass is 345 g/mol. The molecule has 2 N–H and O–H groups in total. The zero-order chi connectivity index (χ0) is 18.2. The fourth-order valence-corrected chi connectivity index (χ4v) is 2.44. The van der Waals surface area contributed by atoms with E-state index in [1.165, 1.54) is 18.2 Å². The minimum Gasteiger partial charge on any atom is -0.490 e. The van der Waals surface area contributed by atoms with Gasteiger partial charge < -0.3 is 15.2 Å². The topological polar surface area (TPSA) is 75.6 Å². The normalized spacial score (nSPS) is 11.6. The van der Waals surface area contributed by atoms with Crippen LogP contribution in [0.5, 0.6) is 5.75 Å². The average molecular weight is 345 g/mol. The third kappa shape index (κ3) is 5.04. The summed E-state index contributed by atoms with van der Waals surface area (Å²) in [4.78, 5) is 23.8. The lowest BCUT2D eigenvalue weighted by molar-refractivity contribution is -0.141. The van der Waals surface area contributed by atoms with Crippen LogP contribution < -0.4 is 10.1 Å². The summed E-state index contributed by atoms with van der Waals surface area (Å²) in [6, 6.07) is 13.2. The Morgan fingerprint density at radius 3 is 2.52 bits per heavy atom. The van der Waals surface area contributed by atoms with Crippen molar-refractivity contribution in [1.82, 2.24) is 5.32 Å². The standard InChI is InChI=1S/C19H20FNO4/c1-2-25-17-15(9-6-10-16(17)20)18(22)21-12-14(19(23)24)11-13-7-4-3-5-8-13/h3-10,14H,2,11-12H2,1H3,(H,21,22)(H,23,24). The Bertz CT molecular complexity index is 733. The third-order valence-corrected chi connectivity index (χ3v) is 3.68. The van der Waals surface area contributed by atoms with Gasteiger partial charge in [0.2, 0.25) is 0 Å². The molecule has 0 aliphatic rings. The quantitative estimate of drug-likeness (QED) is 0.771. The molecule has 2 rings (SSSR count). The number of ether oxygens (including phenoxy) is 1. The summed E-state index contributed by atoms with van der Waals surface area (Å²) in [5, 5.41) is 11.9. The number of para-hydroxylation sites is 1. The van der Waals surface area contributed by atoms with E-state index in [2.05, 4.69) is 5.32 Å². The SMILES string of the molecule is CCOc1c(F)cccc1C(=O)NCC(Cc1ccccc1)C(=O)O. The molecule has 0 heterocycles. The molecular weight excluding hydrogens is 325 g/mol. The van der Waals surface area contributed by atoms with Gasteiger partial charge in [0.25, 0.3) is 5.91 Å². The Labute approximate surface area is 145 Å². The van der Waals surface area contributed by atoms with Gasteiger partial charge in [-0.2, -0.15) is 0 Å². The summed E-state index contributed by atoms with van der Waals surface area (Å²) >= 11 is 0. The van der Waals surface area contributed by atoms with E-state index < -0.39 is 23.6 Å². The molecule has 1 amide bonds. The summed E-state index contributed by atoms with van der Waals surface area (Å²) in [5.41, 5.74) is 0.913. The highest BCUT2D eigenvalue weighted by Crippen LogP contribution is 2.22. The molecule has 0 aliphatic heterocycles. The van der Waals surface area contributed by atoms with E-state index in [1.54, 1.807) is 6.92 Å². The highest BCUT2D eigenvalue weighted by molar-refractivity contribution is 5.97. The molecule has 5 nitrogen and oxygen atoms in total. The second-order valence-corrected chi connectivity index (χ2v) is 5.48. The van der Waals surface area contributed by atoms with E-state index in [4.69, 9.17) is 4.74 Å². The lowest BCUT2D eigenvalue weighted by Crippen LogP contribution is -2.34. The molecular formula is C19H20FNO4. The number of carboxylic acid groups (broad SMARTS) is 1. The molecule has 0 aliphatic carbocycles. The van der Waals surface area contributed by atoms with E-state index in [9.17, 15) is 19.1 Å². The highest BCUT2D eigenvalue weighted by Gasteiger charge is 2.21. The maximum atomic E-state index is 13.8. The maximum Gasteiger partial charge on any atom is 0.308 e. The fraction of sp³-hybridized carbons (Fsp3) is 0.263. The van der Waals surface area contributed by atoms with Crippen molar-refractivity contribution in [2.45, 2.75) is 13.3 Å². The first-order chi connectivity index (χ1) is 12.0.